The predicted octanol–water partition coefficient (Wildman–Crippen LogP) is 3.85. The molecule has 5 aliphatic rings. The summed E-state index contributed by atoms with van der Waals surface area (Å²) in [6.07, 6.45) is 4.50. The Labute approximate surface area is 384 Å². The molecule has 4 N–H and O–H groups in total. The second-order valence-corrected chi connectivity index (χ2v) is 17.2. The molecular weight excluding hydrogens is 873 g/mol. The number of piperidine rings is 1. The molecule has 354 valence electrons. The van der Waals surface area contributed by atoms with E-state index in [0.717, 1.165) is 41.0 Å². The third-order valence-electron chi connectivity index (χ3n) is 13.1. The Kier molecular flexibility index (Phi) is 13.3. The summed E-state index contributed by atoms with van der Waals surface area (Å²) in [5.74, 6) is -1.82. The molecule has 5 aliphatic heterocycles. The van der Waals surface area contributed by atoms with Gasteiger partial charge in [-0.2, -0.15) is 10.2 Å². The van der Waals surface area contributed by atoms with Crippen molar-refractivity contribution in [2.75, 3.05) is 69.9 Å². The number of imide groups is 2. The molecule has 21 heteroatoms. The number of anilines is 3. The lowest BCUT2D eigenvalue weighted by atomic mass is 9.92. The van der Waals surface area contributed by atoms with Gasteiger partial charge in [-0.25, -0.2) is 13.6 Å². The molecular formula is C46H53F2N11O8. The van der Waals surface area contributed by atoms with Gasteiger partial charge in [0.25, 0.3) is 18.2 Å². The maximum absolute atomic E-state index is 15.0. The molecule has 2 fully saturated rings. The molecule has 2 saturated heterocycles. The van der Waals surface area contributed by atoms with Crippen LogP contribution >= 0.6 is 0 Å². The van der Waals surface area contributed by atoms with Crippen molar-refractivity contribution in [1.29, 1.82) is 0 Å². The van der Waals surface area contributed by atoms with Crippen LogP contribution in [0.4, 0.5) is 30.8 Å². The second kappa shape index (κ2) is 19.6. The summed E-state index contributed by atoms with van der Waals surface area (Å²) in [5.41, 5.74) is 5.38. The predicted molar refractivity (Wildman–Crippen MR) is 238 cm³/mol. The van der Waals surface area contributed by atoms with Crippen LogP contribution in [0.15, 0.2) is 42.7 Å². The van der Waals surface area contributed by atoms with E-state index in [9.17, 15) is 37.5 Å². The highest BCUT2D eigenvalue weighted by molar-refractivity contribution is 6.23. The van der Waals surface area contributed by atoms with Crippen molar-refractivity contribution in [2.45, 2.75) is 83.0 Å². The van der Waals surface area contributed by atoms with Crippen LogP contribution in [0.2, 0.25) is 0 Å². The summed E-state index contributed by atoms with van der Waals surface area (Å²) >= 11 is 0. The molecule has 67 heavy (non-hydrogen) atoms. The van der Waals surface area contributed by atoms with Crippen LogP contribution in [-0.4, -0.2) is 131 Å². The lowest BCUT2D eigenvalue weighted by molar-refractivity contribution is -0.136. The number of hydrogen-bond acceptors (Lipinski definition) is 12. The van der Waals surface area contributed by atoms with Gasteiger partial charge in [0.05, 0.1) is 49.7 Å². The minimum absolute atomic E-state index is 0.0371. The highest BCUT2D eigenvalue weighted by Gasteiger charge is 2.45. The number of alkyl halides is 2. The Morgan fingerprint density at radius 3 is 2.57 bits per heavy atom. The number of carbonyl (C=O) groups excluding carboxylic acids is 6. The number of carbonyl (C=O) groups is 6. The van der Waals surface area contributed by atoms with Crippen molar-refractivity contribution in [1.82, 2.24) is 45.3 Å². The Hall–Kier alpha value is -6.74. The monoisotopic (exact) mass is 925 g/mol. The molecule has 0 radical (unpaired) electrons. The maximum atomic E-state index is 15.0. The molecule has 0 spiro atoms. The first-order chi connectivity index (χ1) is 32.5. The SMILES string of the molecule is CNC(=O)N1CCc2c(c(N3CCCc4cc(-c5cnn(CCNC(=O)CCOCCNc6ccc7c(c6)C(=O)N(C6CCC(=O)NC6=O)C7=O)c5)c(C(F)F)cc43)nn2C2CCOCC2)C1. The van der Waals surface area contributed by atoms with Gasteiger partial charge in [0.1, 0.15) is 6.04 Å². The number of aryl methyl sites for hydroxylation is 1. The van der Waals surface area contributed by atoms with Crippen LogP contribution in [0.25, 0.3) is 11.1 Å². The van der Waals surface area contributed by atoms with Gasteiger partial charge in [-0.1, -0.05) is 0 Å². The van der Waals surface area contributed by atoms with Crippen LogP contribution in [0.1, 0.15) is 94.1 Å². The number of halogens is 2. The molecule has 0 aliphatic carbocycles. The molecule has 19 nitrogen and oxygen atoms in total. The van der Waals surface area contributed by atoms with Crippen LogP contribution in [-0.2, 0) is 49.8 Å². The number of nitrogens with zero attached hydrogens (tertiary/aromatic N) is 7. The number of hydrogen-bond donors (Lipinski definition) is 4. The van der Waals surface area contributed by atoms with E-state index in [4.69, 9.17) is 14.6 Å². The third-order valence-corrected chi connectivity index (χ3v) is 13.1. The van der Waals surface area contributed by atoms with Crippen LogP contribution < -0.4 is 26.2 Å². The lowest BCUT2D eigenvalue weighted by Crippen LogP contribution is -2.54. The van der Waals surface area contributed by atoms with Gasteiger partial charge in [-0.3, -0.25) is 43.6 Å². The number of rotatable bonds is 15. The van der Waals surface area contributed by atoms with E-state index in [2.05, 4.69) is 35.9 Å². The van der Waals surface area contributed by atoms with E-state index in [0.29, 0.717) is 87.1 Å². The van der Waals surface area contributed by atoms with Gasteiger partial charge in [-0.15, -0.1) is 0 Å². The molecule has 7 heterocycles. The Morgan fingerprint density at radius 1 is 0.955 bits per heavy atom. The molecule has 1 unspecified atom stereocenters. The molecule has 4 aromatic rings. The highest BCUT2D eigenvalue weighted by Crippen LogP contribution is 2.44. The average molecular weight is 926 g/mol. The molecule has 2 aromatic carbocycles. The number of aromatic nitrogens is 4. The van der Waals surface area contributed by atoms with Crippen molar-refractivity contribution in [3.8, 4) is 11.1 Å². The Morgan fingerprint density at radius 2 is 1.78 bits per heavy atom. The van der Waals surface area contributed by atoms with Crippen molar-refractivity contribution in [3.63, 3.8) is 0 Å². The van der Waals surface area contributed by atoms with Gasteiger partial charge in [0.2, 0.25) is 17.7 Å². The average Bonchev–Trinajstić information content (AvgIpc) is 4.03. The van der Waals surface area contributed by atoms with Gasteiger partial charge in [0.15, 0.2) is 5.82 Å². The largest absolute Gasteiger partial charge is 0.383 e. The summed E-state index contributed by atoms with van der Waals surface area (Å²) in [4.78, 5) is 80.0. The minimum atomic E-state index is -2.77. The van der Waals surface area contributed by atoms with E-state index >= 15 is 0 Å². The fourth-order valence-corrected chi connectivity index (χ4v) is 9.65. The fourth-order valence-electron chi connectivity index (χ4n) is 9.65. The topological polar surface area (TPSA) is 214 Å². The summed E-state index contributed by atoms with van der Waals surface area (Å²) in [7, 11) is 1.61. The van der Waals surface area contributed by atoms with Crippen LogP contribution in [0.3, 0.4) is 0 Å². The zero-order valence-corrected chi connectivity index (χ0v) is 37.2. The Balaban J connectivity index is 0.770. The number of nitrogens with one attached hydrogen (secondary N) is 4. The summed E-state index contributed by atoms with van der Waals surface area (Å²) < 4.78 is 44.9. The number of urea groups is 1. The van der Waals surface area contributed by atoms with Crippen LogP contribution in [0.5, 0.6) is 0 Å². The number of fused-ring (bicyclic) bond motifs is 3. The van der Waals surface area contributed by atoms with Gasteiger partial charge >= 0.3 is 6.03 Å². The molecule has 9 rings (SSSR count). The molecule has 0 saturated carbocycles. The maximum Gasteiger partial charge on any atom is 0.317 e. The summed E-state index contributed by atoms with van der Waals surface area (Å²) in [5, 5.41) is 20.5. The van der Waals surface area contributed by atoms with Crippen molar-refractivity contribution in [3.05, 3.63) is 76.2 Å². The fraction of sp³-hybridized carbons (Fsp3) is 0.478. The molecule has 0 bridgehead atoms. The van der Waals surface area contributed by atoms with Crippen molar-refractivity contribution >= 4 is 52.8 Å². The molecule has 2 aromatic heterocycles. The first-order valence-electron chi connectivity index (χ1n) is 22.8. The summed E-state index contributed by atoms with van der Waals surface area (Å²) in [6.45, 7) is 4.13. The Bertz CT molecular complexity index is 2590. The number of amides is 7. The van der Waals surface area contributed by atoms with E-state index in [1.165, 1.54) is 12.1 Å². The zero-order chi connectivity index (χ0) is 46.8. The standard InChI is InChI=1S/C46H53F2N11O8/c1-49-46(65)55-15-8-36-35(26-55)42(54-59(36)30-9-17-66-18-10-30)57-14-2-3-27-21-32(33(41(47)48)23-38(27)57)28-24-52-56(25-28)16-12-51-39(60)11-19-67-20-13-50-29-4-5-31-34(22-29)45(64)58(44(31)63)37-6-7-40(61)53-43(37)62/h4-5,21-25,30,37,41,50H,2-3,6-20,26H2,1H3,(H,49,65)(H,51,60)(H,53,61,62). The van der Waals surface area contributed by atoms with E-state index in [-0.39, 0.29) is 73.7 Å². The summed E-state index contributed by atoms with van der Waals surface area (Å²) in [6, 6.07) is 7.08. The molecule has 7 amide bonds. The zero-order valence-electron chi connectivity index (χ0n) is 37.2. The lowest BCUT2D eigenvalue weighted by Gasteiger charge is -2.33. The van der Waals surface area contributed by atoms with E-state index < -0.39 is 36.1 Å². The first-order valence-corrected chi connectivity index (χ1v) is 22.8. The van der Waals surface area contributed by atoms with Crippen molar-refractivity contribution in [2.24, 2.45) is 0 Å². The second-order valence-electron chi connectivity index (χ2n) is 17.2. The van der Waals surface area contributed by atoms with E-state index in [1.54, 1.807) is 41.2 Å². The van der Waals surface area contributed by atoms with Crippen LogP contribution in [0, 0.1) is 0 Å². The first kappa shape index (κ1) is 45.4. The van der Waals surface area contributed by atoms with Gasteiger partial charge < -0.3 is 35.2 Å². The third kappa shape index (κ3) is 9.34. The van der Waals surface area contributed by atoms with Gasteiger partial charge in [-0.05, 0) is 73.6 Å². The minimum Gasteiger partial charge on any atom is -0.383 e. The number of benzene rings is 2. The normalized spacial score (nSPS) is 18.5. The molecule has 1 atom stereocenters. The van der Waals surface area contributed by atoms with Gasteiger partial charge in [0, 0.05) is 106 Å². The highest BCUT2D eigenvalue weighted by atomic mass is 19.3. The number of ether oxygens (including phenoxy) is 2. The van der Waals surface area contributed by atoms with Crippen molar-refractivity contribution < 1.29 is 47.0 Å². The van der Waals surface area contributed by atoms with E-state index in [1.807, 2.05) is 6.07 Å². The smallest absolute Gasteiger partial charge is 0.317 e. The quantitative estimate of drug-likeness (QED) is 0.0989.